The molecule has 0 aliphatic carbocycles. The van der Waals surface area contributed by atoms with Gasteiger partial charge in [0.15, 0.2) is 0 Å². The van der Waals surface area contributed by atoms with Crippen molar-refractivity contribution in [3.63, 3.8) is 0 Å². The second kappa shape index (κ2) is 4.22. The summed E-state index contributed by atoms with van der Waals surface area (Å²) in [7, 11) is 0. The van der Waals surface area contributed by atoms with Gasteiger partial charge in [0.05, 0.1) is 0 Å². The van der Waals surface area contributed by atoms with Crippen LogP contribution in [0, 0.1) is 0 Å². The molecule has 0 spiro atoms. The van der Waals surface area contributed by atoms with Crippen LogP contribution < -0.4 is 3.87 Å². The predicted molar refractivity (Wildman–Crippen MR) is 78.7 cm³/mol. The third-order valence-electron chi connectivity index (χ3n) is 3.55. The van der Waals surface area contributed by atoms with E-state index in [9.17, 15) is 0 Å². The maximum absolute atomic E-state index is 2.46. The first-order valence-electron chi connectivity index (χ1n) is 6.48. The van der Waals surface area contributed by atoms with Gasteiger partial charge in [0, 0.05) is 0 Å². The second-order valence-corrected chi connectivity index (χ2v) is 13.8. The van der Waals surface area contributed by atoms with Crippen LogP contribution in [0.1, 0.15) is 0 Å². The van der Waals surface area contributed by atoms with Crippen LogP contribution in [0.5, 0.6) is 0 Å². The minimum absolute atomic E-state index is 1.34. The van der Waals surface area contributed by atoms with Gasteiger partial charge in [-0.1, -0.05) is 0 Å². The van der Waals surface area contributed by atoms with E-state index < -0.39 is 16.6 Å². The van der Waals surface area contributed by atoms with E-state index in [2.05, 4.69) is 70.3 Å². The fourth-order valence-electron chi connectivity index (χ4n) is 2.62. The van der Waals surface area contributed by atoms with Gasteiger partial charge < -0.3 is 0 Å². The quantitative estimate of drug-likeness (QED) is 0.435. The van der Waals surface area contributed by atoms with E-state index in [0.717, 1.165) is 0 Å². The van der Waals surface area contributed by atoms with Gasteiger partial charge in [-0.15, -0.1) is 0 Å². The number of fused-ring (bicyclic) bond motifs is 2. The molecule has 0 heterocycles. The summed E-state index contributed by atoms with van der Waals surface area (Å²) in [5.74, 6) is 0. The molecule has 1 heteroatoms. The van der Waals surface area contributed by atoms with Gasteiger partial charge in [0.2, 0.25) is 0 Å². The standard InChI is InChI=1S/C14H9.3CH3.Ti/c1-2-6-12-10-14-8-4-3-7-13(14)9-11(12)5-1;;;;/h1-7,9-10H;3*1H3;. The molecule has 90 valence electrons. The number of hydrogen-bond acceptors (Lipinski definition) is 0. The van der Waals surface area contributed by atoms with Gasteiger partial charge in [0.1, 0.15) is 0 Å². The molecule has 0 aromatic heterocycles. The van der Waals surface area contributed by atoms with Crippen molar-refractivity contribution < 1.29 is 16.6 Å². The van der Waals surface area contributed by atoms with Crippen LogP contribution in [0.3, 0.4) is 0 Å². The zero-order valence-electron chi connectivity index (χ0n) is 11.2. The molecule has 18 heavy (non-hydrogen) atoms. The molecule has 0 saturated carbocycles. The summed E-state index contributed by atoms with van der Waals surface area (Å²) < 4.78 is 1.61. The van der Waals surface area contributed by atoms with Crippen molar-refractivity contribution in [3.8, 4) is 0 Å². The first-order valence-corrected chi connectivity index (χ1v) is 11.9. The molecule has 3 aromatic carbocycles. The van der Waals surface area contributed by atoms with Crippen LogP contribution in [0.15, 0.2) is 54.6 Å². The molecule has 0 bridgehead atoms. The second-order valence-electron chi connectivity index (χ2n) is 5.98. The molecule has 0 saturated heterocycles. The van der Waals surface area contributed by atoms with Gasteiger partial charge in [-0.25, -0.2) is 0 Å². The molecule has 0 fully saturated rings. The molecule has 0 radical (unpaired) electrons. The minimum atomic E-state index is -1.80. The molecule has 3 aromatic rings. The third kappa shape index (κ3) is 2.00. The summed E-state index contributed by atoms with van der Waals surface area (Å²) in [5.41, 5.74) is 0. The van der Waals surface area contributed by atoms with Gasteiger partial charge in [0.25, 0.3) is 0 Å². The van der Waals surface area contributed by atoms with E-state index in [1.807, 2.05) is 0 Å². The third-order valence-corrected chi connectivity index (χ3v) is 6.76. The summed E-state index contributed by atoms with van der Waals surface area (Å²) in [4.78, 5) is 0. The Bertz CT molecular complexity index is 720. The maximum atomic E-state index is 2.46. The van der Waals surface area contributed by atoms with Crippen LogP contribution >= 0.6 is 0 Å². The fourth-order valence-corrected chi connectivity index (χ4v) is 5.15. The Balaban J connectivity index is 2.44. The van der Waals surface area contributed by atoms with Gasteiger partial charge in [-0.2, -0.15) is 0 Å². The normalized spacial score (nSPS) is 12.2. The molecular formula is C17H18Ti. The number of rotatable bonds is 1. The van der Waals surface area contributed by atoms with Crippen LogP contribution in [0.4, 0.5) is 0 Å². The summed E-state index contributed by atoms with van der Waals surface area (Å²) in [6.07, 6.45) is 0. The van der Waals surface area contributed by atoms with Crippen molar-refractivity contribution in [2.24, 2.45) is 0 Å². The molecule has 3 rings (SSSR count). The van der Waals surface area contributed by atoms with Crippen molar-refractivity contribution in [2.75, 3.05) is 0 Å². The topological polar surface area (TPSA) is 0 Å². The zero-order valence-corrected chi connectivity index (χ0v) is 12.8. The molecule has 0 amide bonds. The van der Waals surface area contributed by atoms with E-state index in [0.29, 0.717) is 0 Å². The van der Waals surface area contributed by atoms with Crippen LogP contribution in [-0.2, 0) is 16.6 Å². The molecule has 0 atom stereocenters. The van der Waals surface area contributed by atoms with Crippen molar-refractivity contribution >= 4 is 25.4 Å². The first-order chi connectivity index (χ1) is 8.55. The Morgan fingerprint density at radius 2 is 1.28 bits per heavy atom. The van der Waals surface area contributed by atoms with Crippen molar-refractivity contribution in [3.05, 3.63) is 54.6 Å². The Morgan fingerprint density at radius 1 is 0.667 bits per heavy atom. The van der Waals surface area contributed by atoms with Crippen LogP contribution in [0.2, 0.25) is 15.7 Å². The van der Waals surface area contributed by atoms with E-state index >= 15 is 0 Å². The Hall–Kier alpha value is -1.11. The van der Waals surface area contributed by atoms with Crippen molar-refractivity contribution in [2.45, 2.75) is 15.7 Å². The summed E-state index contributed by atoms with van der Waals surface area (Å²) in [5, 5.41) is 12.9. The molecule has 0 N–H and O–H groups in total. The van der Waals surface area contributed by atoms with E-state index in [1.165, 1.54) is 21.5 Å². The van der Waals surface area contributed by atoms with E-state index in [-0.39, 0.29) is 0 Å². The SMILES string of the molecule is [CH3][Ti]([CH3])([CH3])[c]1cccc2cc3ccccc3cc12. The van der Waals surface area contributed by atoms with Gasteiger partial charge in [-0.3, -0.25) is 0 Å². The van der Waals surface area contributed by atoms with Crippen LogP contribution in [-0.4, -0.2) is 0 Å². The molecule has 0 aliphatic heterocycles. The monoisotopic (exact) mass is 270 g/mol. The predicted octanol–water partition coefficient (Wildman–Crippen LogP) is 4.92. The summed E-state index contributed by atoms with van der Waals surface area (Å²) >= 11 is -1.80. The Kier molecular flexibility index (Phi) is 2.81. The number of hydrogen-bond donors (Lipinski definition) is 0. The summed E-state index contributed by atoms with van der Waals surface area (Å²) in [6.45, 7) is 0. The Labute approximate surface area is 112 Å². The molecule has 0 unspecified atom stereocenters. The molecule has 0 nitrogen and oxygen atoms in total. The fraction of sp³-hybridized carbons (Fsp3) is 0.176. The Morgan fingerprint density at radius 3 is 1.94 bits per heavy atom. The zero-order chi connectivity index (χ0) is 12.8. The number of benzene rings is 3. The molecular weight excluding hydrogens is 252 g/mol. The average Bonchev–Trinajstić information content (AvgIpc) is 2.34. The van der Waals surface area contributed by atoms with Gasteiger partial charge in [-0.05, 0) is 0 Å². The van der Waals surface area contributed by atoms with Gasteiger partial charge >= 0.3 is 112 Å². The van der Waals surface area contributed by atoms with E-state index in [4.69, 9.17) is 0 Å². The van der Waals surface area contributed by atoms with Crippen LogP contribution in [0.25, 0.3) is 21.5 Å². The van der Waals surface area contributed by atoms with Crippen molar-refractivity contribution in [1.29, 1.82) is 0 Å². The van der Waals surface area contributed by atoms with Crippen molar-refractivity contribution in [1.82, 2.24) is 0 Å². The summed E-state index contributed by atoms with van der Waals surface area (Å²) in [6, 6.07) is 20.1. The van der Waals surface area contributed by atoms with E-state index in [1.54, 1.807) is 3.87 Å². The average molecular weight is 270 g/mol. The molecule has 0 aliphatic rings. The first kappa shape index (κ1) is 12.0.